The molecule has 1 aromatic rings. The van der Waals surface area contributed by atoms with Crippen LogP contribution in [-0.4, -0.2) is 31.1 Å². The van der Waals surface area contributed by atoms with Crippen molar-refractivity contribution in [2.24, 2.45) is 0 Å². The van der Waals surface area contributed by atoms with E-state index in [4.69, 9.17) is 5.73 Å². The number of hydrogen-bond acceptors (Lipinski definition) is 3. The minimum absolute atomic E-state index is 0.818. The number of benzene rings is 1. The molecule has 1 fully saturated rings. The summed E-state index contributed by atoms with van der Waals surface area (Å²) >= 11 is 0. The van der Waals surface area contributed by atoms with Gasteiger partial charge in [0, 0.05) is 43.3 Å². The summed E-state index contributed by atoms with van der Waals surface area (Å²) in [5.41, 5.74) is 9.07. The summed E-state index contributed by atoms with van der Waals surface area (Å²) in [7, 11) is 0. The van der Waals surface area contributed by atoms with Crippen molar-refractivity contribution in [1.29, 1.82) is 0 Å². The lowest BCUT2D eigenvalue weighted by atomic mass is 10.2. The average Bonchev–Trinajstić information content (AvgIpc) is 2.49. The Labute approximate surface area is 121 Å². The smallest absolute Gasteiger partial charge is 0.0368 e. The molecule has 0 unspecified atom stereocenters. The van der Waals surface area contributed by atoms with Crippen molar-refractivity contribution in [3.8, 4) is 0 Å². The summed E-state index contributed by atoms with van der Waals surface area (Å²) in [5.74, 6) is 0. The summed E-state index contributed by atoms with van der Waals surface area (Å²) in [4.78, 5) is 4.81. The fourth-order valence-electron chi connectivity index (χ4n) is 2.46. The fraction of sp³-hybridized carbons (Fsp3) is 0.294. The highest BCUT2D eigenvalue weighted by molar-refractivity contribution is 5.53. The number of nitrogen functional groups attached to an aromatic ring is 1. The normalized spacial score (nSPS) is 16.8. The van der Waals surface area contributed by atoms with Crippen LogP contribution in [0.15, 0.2) is 60.8 Å². The van der Waals surface area contributed by atoms with Gasteiger partial charge < -0.3 is 15.5 Å². The van der Waals surface area contributed by atoms with Gasteiger partial charge in [-0.15, -0.1) is 0 Å². The van der Waals surface area contributed by atoms with Crippen molar-refractivity contribution in [2.75, 3.05) is 36.8 Å². The molecule has 20 heavy (non-hydrogen) atoms. The molecule has 0 saturated carbocycles. The van der Waals surface area contributed by atoms with E-state index in [-0.39, 0.29) is 0 Å². The highest BCUT2D eigenvalue weighted by Crippen LogP contribution is 2.19. The molecule has 0 amide bonds. The Morgan fingerprint density at radius 1 is 1.15 bits per heavy atom. The Hall–Kier alpha value is -2.16. The van der Waals surface area contributed by atoms with E-state index in [1.807, 2.05) is 24.3 Å². The number of nitrogens with two attached hydrogens (primary N) is 1. The topological polar surface area (TPSA) is 32.5 Å². The highest BCUT2D eigenvalue weighted by Gasteiger charge is 2.17. The third kappa shape index (κ3) is 3.44. The average molecular weight is 269 g/mol. The van der Waals surface area contributed by atoms with Crippen LogP contribution in [0.25, 0.3) is 0 Å². The molecule has 0 aromatic heterocycles. The van der Waals surface area contributed by atoms with Gasteiger partial charge in [0.05, 0.1) is 0 Å². The summed E-state index contributed by atoms with van der Waals surface area (Å²) < 4.78 is 0. The van der Waals surface area contributed by atoms with Gasteiger partial charge in [-0.1, -0.05) is 24.8 Å². The lowest BCUT2D eigenvalue weighted by molar-refractivity contribution is 0.330. The van der Waals surface area contributed by atoms with Gasteiger partial charge >= 0.3 is 0 Å². The van der Waals surface area contributed by atoms with Crippen LogP contribution in [0.4, 0.5) is 11.4 Å². The predicted octanol–water partition coefficient (Wildman–Crippen LogP) is 3.04. The molecule has 1 aromatic carbocycles. The predicted molar refractivity (Wildman–Crippen MR) is 87.7 cm³/mol. The molecule has 1 saturated heterocycles. The summed E-state index contributed by atoms with van der Waals surface area (Å²) in [6.45, 7) is 9.93. The number of allylic oxidation sites excluding steroid dienone is 4. The Morgan fingerprint density at radius 2 is 1.80 bits per heavy atom. The summed E-state index contributed by atoms with van der Waals surface area (Å²) in [6, 6.07) is 8.12. The molecule has 3 heteroatoms. The minimum Gasteiger partial charge on any atom is -0.399 e. The van der Waals surface area contributed by atoms with E-state index in [1.54, 1.807) is 0 Å². The van der Waals surface area contributed by atoms with Crippen molar-refractivity contribution in [3.05, 3.63) is 60.8 Å². The lowest BCUT2D eigenvalue weighted by Crippen LogP contribution is -2.45. The molecule has 1 aliphatic heterocycles. The van der Waals surface area contributed by atoms with Gasteiger partial charge in [0.2, 0.25) is 0 Å². The van der Waals surface area contributed by atoms with Crippen LogP contribution >= 0.6 is 0 Å². The number of rotatable bonds is 4. The van der Waals surface area contributed by atoms with Crippen molar-refractivity contribution >= 4 is 11.4 Å². The number of piperazine rings is 1. The van der Waals surface area contributed by atoms with E-state index < -0.39 is 0 Å². The maximum Gasteiger partial charge on any atom is 0.0368 e. The Bertz CT molecular complexity index is 491. The second-order valence-corrected chi connectivity index (χ2v) is 4.87. The second kappa shape index (κ2) is 6.85. The molecular weight excluding hydrogens is 246 g/mol. The molecule has 1 aliphatic rings. The maximum atomic E-state index is 5.73. The van der Waals surface area contributed by atoms with Gasteiger partial charge in [0.1, 0.15) is 0 Å². The van der Waals surface area contributed by atoms with Crippen molar-refractivity contribution < 1.29 is 0 Å². The molecule has 0 spiro atoms. The first-order chi connectivity index (χ1) is 9.74. The van der Waals surface area contributed by atoms with Crippen LogP contribution in [0.2, 0.25) is 0 Å². The highest BCUT2D eigenvalue weighted by atomic mass is 15.3. The molecule has 3 nitrogen and oxygen atoms in total. The minimum atomic E-state index is 0.818. The summed E-state index contributed by atoms with van der Waals surface area (Å²) in [5, 5.41) is 0. The van der Waals surface area contributed by atoms with Crippen LogP contribution in [-0.2, 0) is 0 Å². The van der Waals surface area contributed by atoms with E-state index in [0.717, 1.165) is 31.9 Å². The van der Waals surface area contributed by atoms with Gasteiger partial charge in [-0.05, 0) is 37.3 Å². The molecule has 0 aliphatic carbocycles. The third-order valence-electron chi connectivity index (χ3n) is 3.60. The van der Waals surface area contributed by atoms with Gasteiger partial charge in [-0.3, -0.25) is 0 Å². The van der Waals surface area contributed by atoms with E-state index in [2.05, 4.69) is 47.6 Å². The maximum absolute atomic E-state index is 5.73. The first-order valence-electron chi connectivity index (χ1n) is 7.05. The van der Waals surface area contributed by atoms with Crippen molar-refractivity contribution in [3.63, 3.8) is 0 Å². The molecular formula is C17H23N3. The number of nitrogens with zero attached hydrogens (tertiary/aromatic N) is 2. The fourth-order valence-corrected chi connectivity index (χ4v) is 2.46. The quantitative estimate of drug-likeness (QED) is 0.673. The van der Waals surface area contributed by atoms with Gasteiger partial charge in [0.25, 0.3) is 0 Å². The number of anilines is 2. The van der Waals surface area contributed by atoms with Crippen molar-refractivity contribution in [2.45, 2.75) is 6.92 Å². The van der Waals surface area contributed by atoms with E-state index in [1.165, 1.54) is 11.4 Å². The van der Waals surface area contributed by atoms with Crippen molar-refractivity contribution in [1.82, 2.24) is 4.90 Å². The molecule has 0 radical (unpaired) electrons. The zero-order valence-electron chi connectivity index (χ0n) is 12.1. The zero-order chi connectivity index (χ0) is 14.4. The molecule has 106 valence electrons. The van der Waals surface area contributed by atoms with Crippen LogP contribution in [0.5, 0.6) is 0 Å². The standard InChI is InChI=1S/C17H23N3/c1-3-5-6-16(4-2)19-11-13-20(14-12-19)17-9-7-15(18)8-10-17/h3-10H,1,11-14,18H2,2H3/b6-5-,16-4+. The van der Waals surface area contributed by atoms with E-state index in [9.17, 15) is 0 Å². The first kappa shape index (κ1) is 14.3. The molecule has 0 atom stereocenters. The Kier molecular flexibility index (Phi) is 4.88. The third-order valence-corrected chi connectivity index (χ3v) is 3.60. The lowest BCUT2D eigenvalue weighted by Gasteiger charge is -2.38. The van der Waals surface area contributed by atoms with E-state index >= 15 is 0 Å². The molecule has 1 heterocycles. The van der Waals surface area contributed by atoms with Gasteiger partial charge in [0.15, 0.2) is 0 Å². The molecule has 2 rings (SSSR count). The summed E-state index contributed by atoms with van der Waals surface area (Å²) in [6.07, 6.45) is 8.07. The zero-order valence-corrected chi connectivity index (χ0v) is 12.1. The van der Waals surface area contributed by atoms with Gasteiger partial charge in [-0.25, -0.2) is 0 Å². The largest absolute Gasteiger partial charge is 0.399 e. The molecule has 0 bridgehead atoms. The SMILES string of the molecule is C=C/C=C\C(=C/C)N1CCN(c2ccc(N)cc2)CC1. The van der Waals surface area contributed by atoms with Crippen LogP contribution < -0.4 is 10.6 Å². The Morgan fingerprint density at radius 3 is 2.35 bits per heavy atom. The monoisotopic (exact) mass is 269 g/mol. The van der Waals surface area contributed by atoms with Crippen LogP contribution in [0, 0.1) is 0 Å². The number of hydrogen-bond donors (Lipinski definition) is 1. The van der Waals surface area contributed by atoms with E-state index in [0.29, 0.717) is 0 Å². The van der Waals surface area contributed by atoms with Crippen LogP contribution in [0.1, 0.15) is 6.92 Å². The van der Waals surface area contributed by atoms with Gasteiger partial charge in [-0.2, -0.15) is 0 Å². The second-order valence-electron chi connectivity index (χ2n) is 4.87. The molecule has 2 N–H and O–H groups in total. The van der Waals surface area contributed by atoms with Crippen LogP contribution in [0.3, 0.4) is 0 Å². The first-order valence-corrected chi connectivity index (χ1v) is 7.05. The Balaban J connectivity index is 1.96.